The van der Waals surface area contributed by atoms with Gasteiger partial charge in [0.1, 0.15) is 0 Å². The maximum Gasteiger partial charge on any atom is 0.222 e. The SMILES string of the molecule is CC(CC(=O)N1CCC(N)CC1)C(C)(C)C. The Kier molecular flexibility index (Phi) is 4.36. The first kappa shape index (κ1) is 13.5. The fourth-order valence-corrected chi connectivity index (χ4v) is 1.85. The number of likely N-dealkylation sites (tertiary alicyclic amines) is 1. The van der Waals surface area contributed by atoms with Crippen molar-refractivity contribution in [2.24, 2.45) is 17.1 Å². The molecular weight excluding hydrogens is 200 g/mol. The number of carbonyl (C=O) groups excluding carboxylic acids is 1. The van der Waals surface area contributed by atoms with Crippen LogP contribution in [0.25, 0.3) is 0 Å². The molecule has 1 atom stereocenters. The van der Waals surface area contributed by atoms with Crippen molar-refractivity contribution in [3.63, 3.8) is 0 Å². The molecule has 1 amide bonds. The molecule has 1 fully saturated rings. The number of carbonyl (C=O) groups is 1. The normalized spacial score (nSPS) is 20.9. The molecule has 0 aromatic carbocycles. The molecule has 1 aliphatic heterocycles. The topological polar surface area (TPSA) is 46.3 Å². The number of amides is 1. The first-order valence-electron chi connectivity index (χ1n) is 6.34. The monoisotopic (exact) mass is 226 g/mol. The Balaban J connectivity index is 2.41. The van der Waals surface area contributed by atoms with Crippen LogP contribution < -0.4 is 5.73 Å². The summed E-state index contributed by atoms with van der Waals surface area (Å²) in [5.74, 6) is 0.727. The van der Waals surface area contributed by atoms with Crippen molar-refractivity contribution in [3.05, 3.63) is 0 Å². The Labute approximate surface area is 99.4 Å². The van der Waals surface area contributed by atoms with Gasteiger partial charge in [-0.1, -0.05) is 27.7 Å². The summed E-state index contributed by atoms with van der Waals surface area (Å²) < 4.78 is 0. The molecule has 1 unspecified atom stereocenters. The minimum Gasteiger partial charge on any atom is -0.343 e. The van der Waals surface area contributed by atoms with Gasteiger partial charge in [0.15, 0.2) is 0 Å². The highest BCUT2D eigenvalue weighted by Gasteiger charge is 2.26. The van der Waals surface area contributed by atoms with Crippen LogP contribution in [0, 0.1) is 11.3 Å². The second-order valence-electron chi connectivity index (χ2n) is 6.19. The van der Waals surface area contributed by atoms with E-state index < -0.39 is 0 Å². The van der Waals surface area contributed by atoms with Crippen LogP contribution in [-0.4, -0.2) is 29.9 Å². The Morgan fingerprint density at radius 3 is 2.31 bits per heavy atom. The second kappa shape index (κ2) is 5.17. The molecule has 1 aliphatic rings. The lowest BCUT2D eigenvalue weighted by Gasteiger charge is -2.33. The van der Waals surface area contributed by atoms with Gasteiger partial charge < -0.3 is 10.6 Å². The van der Waals surface area contributed by atoms with Crippen molar-refractivity contribution in [1.29, 1.82) is 0 Å². The molecule has 1 heterocycles. The molecule has 3 nitrogen and oxygen atoms in total. The van der Waals surface area contributed by atoms with E-state index in [0.717, 1.165) is 25.9 Å². The quantitative estimate of drug-likeness (QED) is 0.783. The smallest absolute Gasteiger partial charge is 0.222 e. The van der Waals surface area contributed by atoms with Gasteiger partial charge in [0.25, 0.3) is 0 Å². The van der Waals surface area contributed by atoms with Crippen molar-refractivity contribution in [2.75, 3.05) is 13.1 Å². The first-order valence-corrected chi connectivity index (χ1v) is 6.34. The van der Waals surface area contributed by atoms with Gasteiger partial charge in [0.2, 0.25) is 5.91 Å². The molecule has 0 aromatic heterocycles. The summed E-state index contributed by atoms with van der Waals surface area (Å²) in [4.78, 5) is 14.0. The average Bonchev–Trinajstić information content (AvgIpc) is 2.17. The number of piperidine rings is 1. The minimum atomic E-state index is 0.210. The van der Waals surface area contributed by atoms with Crippen LogP contribution in [0.5, 0.6) is 0 Å². The molecule has 0 bridgehead atoms. The lowest BCUT2D eigenvalue weighted by Crippen LogP contribution is -2.43. The molecule has 16 heavy (non-hydrogen) atoms. The molecule has 2 N–H and O–H groups in total. The maximum atomic E-state index is 12.0. The largest absolute Gasteiger partial charge is 0.343 e. The standard InChI is InChI=1S/C13H26N2O/c1-10(13(2,3)4)9-12(16)15-7-5-11(14)6-8-15/h10-11H,5-9,14H2,1-4H3. The van der Waals surface area contributed by atoms with E-state index in [1.807, 2.05) is 4.90 Å². The van der Waals surface area contributed by atoms with Crippen LogP contribution in [0.4, 0.5) is 0 Å². The van der Waals surface area contributed by atoms with Gasteiger partial charge in [-0.05, 0) is 24.2 Å². The molecule has 0 aromatic rings. The third-order valence-electron chi connectivity index (χ3n) is 3.85. The highest BCUT2D eigenvalue weighted by molar-refractivity contribution is 5.76. The Hall–Kier alpha value is -0.570. The predicted octanol–water partition coefficient (Wildman–Crippen LogP) is 2.01. The average molecular weight is 226 g/mol. The van der Waals surface area contributed by atoms with Crippen LogP contribution in [0.3, 0.4) is 0 Å². The van der Waals surface area contributed by atoms with Crippen LogP contribution in [0.2, 0.25) is 0 Å². The van der Waals surface area contributed by atoms with Crippen molar-refractivity contribution < 1.29 is 4.79 Å². The highest BCUT2D eigenvalue weighted by atomic mass is 16.2. The van der Waals surface area contributed by atoms with Crippen molar-refractivity contribution >= 4 is 5.91 Å². The van der Waals surface area contributed by atoms with Crippen LogP contribution in [-0.2, 0) is 4.79 Å². The van der Waals surface area contributed by atoms with Crippen molar-refractivity contribution in [2.45, 2.75) is 53.0 Å². The summed E-state index contributed by atoms with van der Waals surface area (Å²) in [5, 5.41) is 0. The molecule has 1 saturated heterocycles. The Morgan fingerprint density at radius 1 is 1.38 bits per heavy atom. The third kappa shape index (κ3) is 3.78. The van der Waals surface area contributed by atoms with Gasteiger partial charge in [-0.3, -0.25) is 4.79 Å². The van der Waals surface area contributed by atoms with E-state index in [1.165, 1.54) is 0 Å². The second-order valence-corrected chi connectivity index (χ2v) is 6.19. The predicted molar refractivity (Wildman–Crippen MR) is 67.0 cm³/mol. The summed E-state index contributed by atoms with van der Waals surface area (Å²) in [5.41, 5.74) is 6.04. The zero-order chi connectivity index (χ0) is 12.3. The lowest BCUT2D eigenvalue weighted by molar-refractivity contribution is -0.133. The molecule has 1 rings (SSSR count). The number of hydrogen-bond donors (Lipinski definition) is 1. The third-order valence-corrected chi connectivity index (χ3v) is 3.85. The molecular formula is C13H26N2O. The van der Waals surface area contributed by atoms with Crippen LogP contribution in [0.1, 0.15) is 47.0 Å². The first-order chi connectivity index (χ1) is 7.30. The molecule has 94 valence electrons. The van der Waals surface area contributed by atoms with Gasteiger partial charge in [-0.2, -0.15) is 0 Å². The summed E-state index contributed by atoms with van der Waals surface area (Å²) in [7, 11) is 0. The van der Waals surface area contributed by atoms with Crippen LogP contribution in [0.15, 0.2) is 0 Å². The number of nitrogens with zero attached hydrogens (tertiary/aromatic N) is 1. The van der Waals surface area contributed by atoms with E-state index in [-0.39, 0.29) is 5.41 Å². The molecule has 3 heteroatoms. The fourth-order valence-electron chi connectivity index (χ4n) is 1.85. The minimum absolute atomic E-state index is 0.210. The summed E-state index contributed by atoms with van der Waals surface area (Å²) in [6.45, 7) is 10.4. The lowest BCUT2D eigenvalue weighted by atomic mass is 9.80. The maximum absolute atomic E-state index is 12.0. The van der Waals surface area contributed by atoms with Gasteiger partial charge in [-0.25, -0.2) is 0 Å². The highest BCUT2D eigenvalue weighted by Crippen LogP contribution is 2.28. The van der Waals surface area contributed by atoms with E-state index in [1.54, 1.807) is 0 Å². The molecule has 0 spiro atoms. The fraction of sp³-hybridized carbons (Fsp3) is 0.923. The van der Waals surface area contributed by atoms with Crippen molar-refractivity contribution in [1.82, 2.24) is 4.90 Å². The zero-order valence-electron chi connectivity index (χ0n) is 11.1. The number of nitrogens with two attached hydrogens (primary N) is 1. The Morgan fingerprint density at radius 2 is 1.88 bits per heavy atom. The summed E-state index contributed by atoms with van der Waals surface area (Å²) in [6, 6.07) is 0.295. The Bertz CT molecular complexity index is 237. The number of rotatable bonds is 2. The van der Waals surface area contributed by atoms with Gasteiger partial charge in [0, 0.05) is 25.6 Å². The van der Waals surface area contributed by atoms with E-state index >= 15 is 0 Å². The van der Waals surface area contributed by atoms with Gasteiger partial charge in [-0.15, -0.1) is 0 Å². The van der Waals surface area contributed by atoms with E-state index in [2.05, 4.69) is 27.7 Å². The summed E-state index contributed by atoms with van der Waals surface area (Å²) >= 11 is 0. The number of hydrogen-bond acceptors (Lipinski definition) is 2. The zero-order valence-corrected chi connectivity index (χ0v) is 11.1. The summed E-state index contributed by atoms with van der Waals surface area (Å²) in [6.07, 6.45) is 2.57. The molecule has 0 aliphatic carbocycles. The van der Waals surface area contributed by atoms with Crippen molar-refractivity contribution in [3.8, 4) is 0 Å². The van der Waals surface area contributed by atoms with Gasteiger partial charge in [0.05, 0.1) is 0 Å². The molecule has 0 saturated carbocycles. The molecule has 0 radical (unpaired) electrons. The van der Waals surface area contributed by atoms with Crippen LogP contribution >= 0.6 is 0 Å². The van der Waals surface area contributed by atoms with Gasteiger partial charge >= 0.3 is 0 Å². The van der Waals surface area contributed by atoms with E-state index in [9.17, 15) is 4.79 Å². The van der Waals surface area contributed by atoms with E-state index in [0.29, 0.717) is 24.3 Å². The van der Waals surface area contributed by atoms with E-state index in [4.69, 9.17) is 5.73 Å².